The summed E-state index contributed by atoms with van der Waals surface area (Å²) in [4.78, 5) is 1.03. The highest BCUT2D eigenvalue weighted by Gasteiger charge is 2.20. The highest BCUT2D eigenvalue weighted by Crippen LogP contribution is 2.34. The number of benzene rings is 1. The van der Waals surface area contributed by atoms with Gasteiger partial charge in [-0.05, 0) is 23.6 Å². The van der Waals surface area contributed by atoms with E-state index >= 15 is 0 Å². The van der Waals surface area contributed by atoms with Crippen LogP contribution >= 0.6 is 23.1 Å². The number of nitrogens with zero attached hydrogens (tertiary/aromatic N) is 5. The van der Waals surface area contributed by atoms with Crippen LogP contribution in [0.2, 0.25) is 0 Å². The average Bonchev–Trinajstić information content (AvgIpc) is 3.46. The first-order chi connectivity index (χ1) is 13.3. The van der Waals surface area contributed by atoms with E-state index in [0.29, 0.717) is 17.5 Å². The Labute approximate surface area is 164 Å². The number of hydrogen-bond donors (Lipinski definition) is 0. The number of aryl methyl sites for hydroxylation is 1. The molecule has 0 aliphatic rings. The first-order valence-electron chi connectivity index (χ1n) is 8.37. The largest absolute Gasteiger partial charge is 0.495 e. The van der Waals surface area contributed by atoms with E-state index in [4.69, 9.17) is 9.15 Å². The topological polar surface area (TPSA) is 78.9 Å². The van der Waals surface area contributed by atoms with Gasteiger partial charge in [0, 0.05) is 6.42 Å². The second kappa shape index (κ2) is 7.93. The van der Waals surface area contributed by atoms with Gasteiger partial charge in [-0.15, -0.1) is 31.7 Å². The van der Waals surface area contributed by atoms with E-state index in [1.54, 1.807) is 18.4 Å². The van der Waals surface area contributed by atoms with Crippen molar-refractivity contribution in [1.82, 2.24) is 25.0 Å². The highest BCUT2D eigenvalue weighted by molar-refractivity contribution is 7.98. The van der Waals surface area contributed by atoms with Gasteiger partial charge in [-0.3, -0.25) is 4.57 Å². The van der Waals surface area contributed by atoms with Crippen LogP contribution in [0, 0.1) is 0 Å². The molecule has 4 rings (SSSR count). The van der Waals surface area contributed by atoms with Gasteiger partial charge in [0.15, 0.2) is 11.0 Å². The average molecular weight is 400 g/mol. The third-order valence-corrected chi connectivity index (χ3v) is 5.62. The molecule has 9 heteroatoms. The van der Waals surface area contributed by atoms with Gasteiger partial charge in [0.1, 0.15) is 5.75 Å². The molecule has 0 spiro atoms. The maximum Gasteiger partial charge on any atom is 0.226 e. The van der Waals surface area contributed by atoms with Crippen molar-refractivity contribution in [3.63, 3.8) is 0 Å². The summed E-state index contributed by atoms with van der Waals surface area (Å²) in [5.41, 5.74) is 0.885. The van der Waals surface area contributed by atoms with E-state index in [-0.39, 0.29) is 0 Å². The molecule has 0 bridgehead atoms. The van der Waals surface area contributed by atoms with Crippen molar-refractivity contribution in [1.29, 1.82) is 0 Å². The molecule has 0 atom stereocenters. The van der Waals surface area contributed by atoms with Crippen molar-refractivity contribution in [3.8, 4) is 22.1 Å². The second-order valence-electron chi connectivity index (χ2n) is 5.52. The van der Waals surface area contributed by atoms with Crippen molar-refractivity contribution >= 4 is 23.1 Å². The summed E-state index contributed by atoms with van der Waals surface area (Å²) in [6, 6.07) is 11.9. The van der Waals surface area contributed by atoms with Crippen molar-refractivity contribution < 1.29 is 9.15 Å². The lowest BCUT2D eigenvalue weighted by Gasteiger charge is -2.12. The number of hydrogen-bond acceptors (Lipinski definition) is 8. The molecule has 4 aromatic rings. The van der Waals surface area contributed by atoms with Crippen LogP contribution in [0.3, 0.4) is 0 Å². The summed E-state index contributed by atoms with van der Waals surface area (Å²) in [5, 5.41) is 19.7. The summed E-state index contributed by atoms with van der Waals surface area (Å²) < 4.78 is 13.2. The fraction of sp³-hybridized carbons (Fsp3) is 0.222. The normalized spacial score (nSPS) is 11.0. The fourth-order valence-corrected chi connectivity index (χ4v) is 4.06. The number of para-hydroxylation sites is 2. The molecule has 27 heavy (non-hydrogen) atoms. The Morgan fingerprint density at radius 1 is 1.07 bits per heavy atom. The smallest absolute Gasteiger partial charge is 0.226 e. The van der Waals surface area contributed by atoms with Crippen LogP contribution < -0.4 is 4.74 Å². The minimum atomic E-state index is 0.519. The zero-order valence-corrected chi connectivity index (χ0v) is 16.5. The van der Waals surface area contributed by atoms with Crippen LogP contribution in [-0.4, -0.2) is 32.1 Å². The van der Waals surface area contributed by atoms with Crippen LogP contribution in [0.1, 0.15) is 18.7 Å². The van der Waals surface area contributed by atoms with Crippen LogP contribution in [0.15, 0.2) is 51.4 Å². The van der Waals surface area contributed by atoms with Gasteiger partial charge < -0.3 is 9.15 Å². The van der Waals surface area contributed by atoms with Gasteiger partial charge in [0.25, 0.3) is 0 Å². The molecule has 3 heterocycles. The molecule has 0 saturated carbocycles. The summed E-state index contributed by atoms with van der Waals surface area (Å²) >= 11 is 3.12. The third kappa shape index (κ3) is 3.60. The van der Waals surface area contributed by atoms with Crippen LogP contribution in [0.4, 0.5) is 0 Å². The predicted molar refractivity (Wildman–Crippen MR) is 104 cm³/mol. The molecule has 0 saturated heterocycles. The van der Waals surface area contributed by atoms with Crippen LogP contribution in [0.5, 0.6) is 5.75 Å². The van der Waals surface area contributed by atoms with Crippen molar-refractivity contribution in [2.45, 2.75) is 24.3 Å². The van der Waals surface area contributed by atoms with Gasteiger partial charge in [-0.2, -0.15) is 0 Å². The molecular weight excluding hydrogens is 382 g/mol. The van der Waals surface area contributed by atoms with E-state index < -0.39 is 0 Å². The van der Waals surface area contributed by atoms with E-state index in [2.05, 4.69) is 20.4 Å². The minimum Gasteiger partial charge on any atom is -0.495 e. The van der Waals surface area contributed by atoms with Gasteiger partial charge in [0.2, 0.25) is 11.8 Å². The van der Waals surface area contributed by atoms with Crippen LogP contribution in [-0.2, 0) is 12.2 Å². The Bertz CT molecular complexity index is 1030. The SMILES string of the molecule is CCc1nnc(CSc2nnc(-c3cccs3)n2-c2ccccc2OC)o1. The molecule has 0 aliphatic carbocycles. The molecule has 138 valence electrons. The summed E-state index contributed by atoms with van der Waals surface area (Å²) in [5.74, 6) is 3.25. The molecule has 0 amide bonds. The number of thiophene rings is 1. The zero-order valence-electron chi connectivity index (χ0n) is 14.8. The fourth-order valence-electron chi connectivity index (χ4n) is 2.58. The Morgan fingerprint density at radius 3 is 2.67 bits per heavy atom. The molecule has 0 fully saturated rings. The number of rotatable bonds is 7. The van der Waals surface area contributed by atoms with Gasteiger partial charge in [0.05, 0.1) is 23.4 Å². The standard InChI is InChI=1S/C18H17N5O2S2/c1-3-15-19-20-16(25-15)11-27-18-22-21-17(14-9-6-10-26-14)23(18)12-7-4-5-8-13(12)24-2/h4-10H,3,11H2,1-2H3. The second-order valence-corrected chi connectivity index (χ2v) is 7.41. The van der Waals surface area contributed by atoms with Crippen molar-refractivity contribution in [3.05, 3.63) is 53.6 Å². The monoisotopic (exact) mass is 399 g/mol. The molecule has 7 nitrogen and oxygen atoms in total. The molecular formula is C18H17N5O2S2. The van der Waals surface area contributed by atoms with E-state index in [0.717, 1.165) is 33.7 Å². The van der Waals surface area contributed by atoms with Gasteiger partial charge in [-0.25, -0.2) is 0 Å². The Balaban J connectivity index is 1.73. The summed E-state index contributed by atoms with van der Waals surface area (Å²) in [6.45, 7) is 1.98. The van der Waals surface area contributed by atoms with Gasteiger partial charge in [-0.1, -0.05) is 36.9 Å². The van der Waals surface area contributed by atoms with E-state index in [1.807, 2.05) is 53.3 Å². The Morgan fingerprint density at radius 2 is 1.93 bits per heavy atom. The Kier molecular flexibility index (Phi) is 5.21. The maximum atomic E-state index is 5.60. The number of aromatic nitrogens is 5. The predicted octanol–water partition coefficient (Wildman–Crippen LogP) is 4.24. The molecule has 0 aliphatic heterocycles. The van der Waals surface area contributed by atoms with Crippen LogP contribution in [0.25, 0.3) is 16.4 Å². The lowest BCUT2D eigenvalue weighted by molar-refractivity contribution is 0.412. The lowest BCUT2D eigenvalue weighted by atomic mass is 10.3. The third-order valence-electron chi connectivity index (χ3n) is 3.84. The molecule has 1 aromatic carbocycles. The quantitative estimate of drug-likeness (QED) is 0.430. The highest BCUT2D eigenvalue weighted by atomic mass is 32.2. The number of thioether (sulfide) groups is 1. The number of methoxy groups -OCH3 is 1. The lowest BCUT2D eigenvalue weighted by Crippen LogP contribution is -2.01. The maximum absolute atomic E-state index is 5.60. The van der Waals surface area contributed by atoms with Crippen molar-refractivity contribution in [2.75, 3.05) is 7.11 Å². The minimum absolute atomic E-state index is 0.519. The molecule has 0 radical (unpaired) electrons. The molecule has 3 aromatic heterocycles. The first kappa shape index (κ1) is 17.7. The molecule has 0 unspecified atom stereocenters. The van der Waals surface area contributed by atoms with E-state index in [9.17, 15) is 0 Å². The molecule has 0 N–H and O–H groups in total. The van der Waals surface area contributed by atoms with Gasteiger partial charge >= 0.3 is 0 Å². The van der Waals surface area contributed by atoms with E-state index in [1.165, 1.54) is 11.8 Å². The zero-order chi connectivity index (χ0) is 18.6. The Hall–Kier alpha value is -2.65. The van der Waals surface area contributed by atoms with Crippen molar-refractivity contribution in [2.24, 2.45) is 0 Å². The summed E-state index contributed by atoms with van der Waals surface area (Å²) in [6.07, 6.45) is 0.720. The number of ether oxygens (including phenoxy) is 1. The summed E-state index contributed by atoms with van der Waals surface area (Å²) in [7, 11) is 1.66. The first-order valence-corrected chi connectivity index (χ1v) is 10.2.